The number of fused-ring (bicyclic) bond motifs is 2. The van der Waals surface area contributed by atoms with Gasteiger partial charge in [0.05, 0.1) is 17.8 Å². The van der Waals surface area contributed by atoms with Crippen molar-refractivity contribution in [2.24, 2.45) is 0 Å². The molecule has 1 saturated carbocycles. The fourth-order valence-corrected chi connectivity index (χ4v) is 5.17. The van der Waals surface area contributed by atoms with Crippen LogP contribution in [0.4, 0.5) is 17.6 Å². The number of aromatic nitrogens is 3. The van der Waals surface area contributed by atoms with E-state index >= 15 is 4.39 Å². The van der Waals surface area contributed by atoms with Gasteiger partial charge in [-0.05, 0) is 42.5 Å². The van der Waals surface area contributed by atoms with E-state index in [1.165, 1.54) is 12.3 Å². The minimum absolute atomic E-state index is 0.0204. The van der Waals surface area contributed by atoms with Gasteiger partial charge in [0, 0.05) is 40.1 Å². The Morgan fingerprint density at radius 2 is 2.00 bits per heavy atom. The highest BCUT2D eigenvalue weighted by molar-refractivity contribution is 6.00. The van der Waals surface area contributed by atoms with Crippen LogP contribution >= 0.6 is 0 Å². The number of alkyl halides is 1. The minimum Gasteiger partial charge on any atom is -0.479 e. The second kappa shape index (κ2) is 7.57. The molecular formula is C25H20F4N4O2. The van der Waals surface area contributed by atoms with Crippen molar-refractivity contribution in [1.29, 1.82) is 5.26 Å². The van der Waals surface area contributed by atoms with Crippen LogP contribution in [0, 0.1) is 28.8 Å². The fraction of sp³-hybridized carbons (Fsp3) is 0.320. The lowest BCUT2D eigenvalue weighted by Gasteiger charge is -2.40. The molecule has 4 aromatic rings. The lowest BCUT2D eigenvalue weighted by Crippen LogP contribution is -2.46. The highest BCUT2D eigenvalue weighted by atomic mass is 19.2. The Balaban J connectivity index is 1.92. The normalized spacial score (nSPS) is 20.2. The summed E-state index contributed by atoms with van der Waals surface area (Å²) >= 11 is 0. The van der Waals surface area contributed by atoms with E-state index < -0.39 is 40.4 Å². The van der Waals surface area contributed by atoms with Gasteiger partial charge in [-0.1, -0.05) is 13.8 Å². The number of nitrogens with one attached hydrogen (secondary N) is 1. The van der Waals surface area contributed by atoms with Crippen LogP contribution in [0.5, 0.6) is 0 Å². The Morgan fingerprint density at radius 1 is 1.29 bits per heavy atom. The topological polar surface area (TPSA) is 94.7 Å². The van der Waals surface area contributed by atoms with Crippen LogP contribution in [-0.2, 0) is 10.2 Å². The largest absolute Gasteiger partial charge is 0.479 e. The van der Waals surface area contributed by atoms with Crippen LogP contribution < -0.4 is 0 Å². The molecule has 2 aromatic heterocycles. The van der Waals surface area contributed by atoms with Crippen molar-refractivity contribution in [3.05, 3.63) is 59.2 Å². The van der Waals surface area contributed by atoms with Crippen molar-refractivity contribution in [3.63, 3.8) is 0 Å². The zero-order valence-electron chi connectivity index (χ0n) is 18.8. The lowest BCUT2D eigenvalue weighted by atomic mass is 9.66. The number of hydrogen-bond acceptors (Lipinski definition) is 3. The molecule has 0 atom stereocenters. The van der Waals surface area contributed by atoms with Crippen LogP contribution in [0.3, 0.4) is 0 Å². The number of nitrogens with zero attached hydrogens (tertiary/aromatic N) is 3. The highest BCUT2D eigenvalue weighted by Crippen LogP contribution is 2.54. The number of carboxylic acids is 1. The number of carboxylic acid groups (broad SMARTS) is 1. The second-order valence-electron chi connectivity index (χ2n) is 9.71. The summed E-state index contributed by atoms with van der Waals surface area (Å²) in [7, 11) is 0. The number of H-pyrrole nitrogens is 1. The summed E-state index contributed by atoms with van der Waals surface area (Å²) in [6.07, 6.45) is 0.638. The molecule has 1 fully saturated rings. The standard InChI is InChI=1S/C25H20F4N4O2/c1-24(2,5-6-30)22-18(13-9-25(29,10-13)23(34)35)19-17(7-12-11-31-32-21(12)20(19)28)33(22)14-3-4-15(26)16(27)8-14/h3-4,7-8,11,13H,5,9-10H2,1-2H3,(H,31,32)(H,34,35)/t13-,25+. The third-order valence-corrected chi connectivity index (χ3v) is 6.90. The van der Waals surface area contributed by atoms with Gasteiger partial charge in [0.2, 0.25) is 5.67 Å². The Kier molecular flexibility index (Phi) is 4.95. The molecule has 35 heavy (non-hydrogen) atoms. The van der Waals surface area contributed by atoms with Gasteiger partial charge < -0.3 is 9.67 Å². The lowest BCUT2D eigenvalue weighted by molar-refractivity contribution is -0.158. The third-order valence-electron chi connectivity index (χ3n) is 6.90. The van der Waals surface area contributed by atoms with E-state index in [1.54, 1.807) is 24.5 Å². The van der Waals surface area contributed by atoms with Gasteiger partial charge in [0.15, 0.2) is 17.5 Å². The van der Waals surface area contributed by atoms with E-state index in [0.29, 0.717) is 22.2 Å². The maximum atomic E-state index is 16.0. The Morgan fingerprint density at radius 3 is 2.63 bits per heavy atom. The average molecular weight is 484 g/mol. The maximum absolute atomic E-state index is 16.0. The van der Waals surface area contributed by atoms with Crippen LogP contribution in [-0.4, -0.2) is 31.5 Å². The van der Waals surface area contributed by atoms with E-state index in [4.69, 9.17) is 0 Å². The predicted octanol–water partition coefficient (Wildman–Crippen LogP) is 5.79. The summed E-state index contributed by atoms with van der Waals surface area (Å²) in [4.78, 5) is 11.4. The van der Waals surface area contributed by atoms with Gasteiger partial charge in [-0.15, -0.1) is 0 Å². The zero-order valence-corrected chi connectivity index (χ0v) is 18.8. The van der Waals surface area contributed by atoms with Crippen LogP contribution in [0.2, 0.25) is 0 Å². The summed E-state index contributed by atoms with van der Waals surface area (Å²) < 4.78 is 60.4. The first-order valence-electron chi connectivity index (χ1n) is 10.9. The molecule has 0 bridgehead atoms. The summed E-state index contributed by atoms with van der Waals surface area (Å²) in [5, 5.41) is 25.8. The molecular weight excluding hydrogens is 464 g/mol. The minimum atomic E-state index is -2.45. The smallest absolute Gasteiger partial charge is 0.341 e. The third kappa shape index (κ3) is 3.29. The first kappa shape index (κ1) is 22.9. The molecule has 5 rings (SSSR count). The second-order valence-corrected chi connectivity index (χ2v) is 9.71. The molecule has 0 aliphatic heterocycles. The molecule has 0 spiro atoms. The van der Waals surface area contributed by atoms with E-state index in [1.807, 2.05) is 0 Å². The molecule has 0 saturated heterocycles. The van der Waals surface area contributed by atoms with E-state index in [2.05, 4.69) is 16.3 Å². The molecule has 0 amide bonds. The Hall–Kier alpha value is -3.87. The quantitative estimate of drug-likeness (QED) is 0.351. The highest BCUT2D eigenvalue weighted by Gasteiger charge is 2.54. The van der Waals surface area contributed by atoms with Gasteiger partial charge in [-0.2, -0.15) is 10.4 Å². The molecule has 2 aromatic carbocycles. The summed E-state index contributed by atoms with van der Waals surface area (Å²) in [5.74, 6) is -5.11. The molecule has 10 heteroatoms. The monoisotopic (exact) mass is 484 g/mol. The van der Waals surface area contributed by atoms with Gasteiger partial charge in [-0.25, -0.2) is 22.4 Å². The number of carbonyl (C=O) groups is 1. The van der Waals surface area contributed by atoms with Crippen molar-refractivity contribution in [3.8, 4) is 11.8 Å². The van der Waals surface area contributed by atoms with Crippen LogP contribution in [0.1, 0.15) is 50.3 Å². The molecule has 0 radical (unpaired) electrons. The summed E-state index contributed by atoms with van der Waals surface area (Å²) in [5.41, 5.74) is -2.03. The van der Waals surface area contributed by atoms with Gasteiger partial charge >= 0.3 is 5.97 Å². The zero-order chi connectivity index (χ0) is 25.3. The summed E-state index contributed by atoms with van der Waals surface area (Å²) in [6, 6.07) is 6.99. The van der Waals surface area contributed by atoms with Crippen molar-refractivity contribution in [1.82, 2.24) is 14.8 Å². The first-order valence-corrected chi connectivity index (χ1v) is 10.9. The van der Waals surface area contributed by atoms with Crippen LogP contribution in [0.25, 0.3) is 27.5 Å². The van der Waals surface area contributed by atoms with Gasteiger partial charge in [-0.3, -0.25) is 5.10 Å². The number of aromatic amines is 1. The Labute approximate surface area is 196 Å². The number of halogens is 4. The molecule has 1 aliphatic carbocycles. The molecule has 2 N–H and O–H groups in total. The summed E-state index contributed by atoms with van der Waals surface area (Å²) in [6.45, 7) is 3.49. The molecule has 2 heterocycles. The van der Waals surface area contributed by atoms with E-state index in [0.717, 1.165) is 12.1 Å². The molecule has 1 aliphatic rings. The van der Waals surface area contributed by atoms with E-state index in [9.17, 15) is 28.3 Å². The van der Waals surface area contributed by atoms with Crippen molar-refractivity contribution in [2.75, 3.05) is 0 Å². The molecule has 180 valence electrons. The molecule has 0 unspecified atom stereocenters. The fourth-order valence-electron chi connectivity index (χ4n) is 5.17. The van der Waals surface area contributed by atoms with Crippen LogP contribution in [0.15, 0.2) is 30.5 Å². The predicted molar refractivity (Wildman–Crippen MR) is 120 cm³/mol. The number of aliphatic carboxylic acids is 1. The molecule has 6 nitrogen and oxygen atoms in total. The SMILES string of the molecule is CC(C)(CC#N)c1c([C@H]2C[C@](F)(C(=O)O)C2)c2c(F)c3[nH]ncc3cc2n1-c1ccc(F)c(F)c1. The Bertz CT molecular complexity index is 1560. The number of hydrogen-bond donors (Lipinski definition) is 2. The van der Waals surface area contributed by atoms with Gasteiger partial charge in [0.25, 0.3) is 0 Å². The first-order chi connectivity index (χ1) is 16.5. The van der Waals surface area contributed by atoms with Crippen molar-refractivity contribution >= 4 is 27.8 Å². The maximum Gasteiger partial charge on any atom is 0.341 e. The average Bonchev–Trinajstić information content (AvgIpc) is 3.37. The van der Waals surface area contributed by atoms with E-state index in [-0.39, 0.29) is 35.9 Å². The number of benzene rings is 2. The van der Waals surface area contributed by atoms with Crippen molar-refractivity contribution < 1.29 is 27.5 Å². The van der Waals surface area contributed by atoms with Gasteiger partial charge in [0.1, 0.15) is 5.52 Å². The number of nitriles is 1. The van der Waals surface area contributed by atoms with Crippen molar-refractivity contribution in [2.45, 2.75) is 50.1 Å². The number of rotatable bonds is 5.